The van der Waals surface area contributed by atoms with E-state index < -0.39 is 0 Å². The van der Waals surface area contributed by atoms with E-state index in [-0.39, 0.29) is 11.8 Å². The second-order valence-corrected chi connectivity index (χ2v) is 7.28. The number of thiazole rings is 1. The van der Waals surface area contributed by atoms with Gasteiger partial charge in [0.05, 0.1) is 12.2 Å². The zero-order chi connectivity index (χ0) is 17.0. The van der Waals surface area contributed by atoms with Crippen LogP contribution < -0.4 is 11.1 Å². The number of aromatic nitrogens is 1. The van der Waals surface area contributed by atoms with Gasteiger partial charge in [0, 0.05) is 33.6 Å². The van der Waals surface area contributed by atoms with Crippen molar-refractivity contribution < 1.29 is 9.21 Å². The Kier molecular flexibility index (Phi) is 3.08. The van der Waals surface area contributed by atoms with Gasteiger partial charge in [0.2, 0.25) is 5.91 Å². The summed E-state index contributed by atoms with van der Waals surface area (Å²) < 4.78 is 6.16. The Labute approximate surface area is 147 Å². The molecule has 0 spiro atoms. The first-order valence-corrected chi connectivity index (χ1v) is 8.94. The Morgan fingerprint density at radius 2 is 2.00 bits per heavy atom. The van der Waals surface area contributed by atoms with Crippen LogP contribution in [0.2, 0.25) is 0 Å². The van der Waals surface area contributed by atoms with Crippen molar-refractivity contribution in [3.8, 4) is 0 Å². The van der Waals surface area contributed by atoms with Crippen LogP contribution in [0.4, 0.5) is 5.13 Å². The number of carbonyl (C=O) groups excluding carboxylic acids is 1. The molecule has 3 N–H and O–H groups in total. The molecule has 0 saturated heterocycles. The Morgan fingerprint density at radius 3 is 2.92 bits per heavy atom. The van der Waals surface area contributed by atoms with Crippen LogP contribution >= 0.6 is 11.3 Å². The molecule has 2 aromatic heterocycles. The van der Waals surface area contributed by atoms with Gasteiger partial charge >= 0.3 is 0 Å². The standard InChI is InChI=1S/C19H15N3O2S/c20-19-22-14-9-21-16(23)8-13(18(14)25-19)12-6-3-5-11-10-4-1-2-7-15(10)24-17(11)12/h1-7,13H,8-9H2,(H2,20,22)(H,21,23)/t13-/m0/s1. The Bertz CT molecular complexity index is 1130. The number of anilines is 1. The van der Waals surface area contributed by atoms with E-state index in [0.29, 0.717) is 18.1 Å². The molecule has 1 amide bonds. The maximum Gasteiger partial charge on any atom is 0.221 e. The maximum absolute atomic E-state index is 12.2. The molecule has 0 radical (unpaired) electrons. The summed E-state index contributed by atoms with van der Waals surface area (Å²) in [5, 5.41) is 5.59. The number of furan rings is 1. The summed E-state index contributed by atoms with van der Waals surface area (Å²) in [5.41, 5.74) is 9.48. The molecule has 0 bridgehead atoms. The summed E-state index contributed by atoms with van der Waals surface area (Å²) in [6.45, 7) is 0.425. The molecular formula is C19H15N3O2S. The summed E-state index contributed by atoms with van der Waals surface area (Å²) in [4.78, 5) is 17.7. The summed E-state index contributed by atoms with van der Waals surface area (Å²) in [6.07, 6.45) is 0.366. The van der Waals surface area contributed by atoms with E-state index in [1.807, 2.05) is 30.3 Å². The molecule has 5 nitrogen and oxygen atoms in total. The van der Waals surface area contributed by atoms with Gasteiger partial charge in [0.1, 0.15) is 11.2 Å². The number of hydrogen-bond donors (Lipinski definition) is 2. The van der Waals surface area contributed by atoms with Gasteiger partial charge < -0.3 is 15.5 Å². The minimum absolute atomic E-state index is 0.0156. The highest BCUT2D eigenvalue weighted by Crippen LogP contribution is 2.41. The van der Waals surface area contributed by atoms with Crippen LogP contribution in [0.25, 0.3) is 21.9 Å². The molecule has 25 heavy (non-hydrogen) atoms. The first kappa shape index (κ1) is 14.5. The second kappa shape index (κ2) is 5.32. The number of nitrogen functional groups attached to an aromatic ring is 1. The third-order valence-corrected chi connectivity index (χ3v) is 5.75. The van der Waals surface area contributed by atoms with Gasteiger partial charge in [-0.3, -0.25) is 4.79 Å². The minimum atomic E-state index is -0.100. The molecule has 5 rings (SSSR count). The molecule has 0 saturated carbocycles. The zero-order valence-corrected chi connectivity index (χ0v) is 14.1. The van der Waals surface area contributed by atoms with Crippen LogP contribution in [0, 0.1) is 0 Å². The normalized spacial score (nSPS) is 17.4. The van der Waals surface area contributed by atoms with Crippen LogP contribution in [-0.2, 0) is 11.3 Å². The lowest BCUT2D eigenvalue weighted by atomic mass is 9.92. The summed E-state index contributed by atoms with van der Waals surface area (Å²) in [6, 6.07) is 14.1. The predicted octanol–water partition coefficient (Wildman–Crippen LogP) is 3.78. The number of fused-ring (bicyclic) bond motifs is 4. The van der Waals surface area contributed by atoms with Gasteiger partial charge in [-0.15, -0.1) is 11.3 Å². The zero-order valence-electron chi connectivity index (χ0n) is 13.3. The monoisotopic (exact) mass is 349 g/mol. The molecule has 0 fully saturated rings. The van der Waals surface area contributed by atoms with Crippen molar-refractivity contribution in [2.45, 2.75) is 18.9 Å². The average Bonchev–Trinajstić information content (AvgIpc) is 3.14. The lowest BCUT2D eigenvalue weighted by Crippen LogP contribution is -2.21. The van der Waals surface area contributed by atoms with Crippen LogP contribution in [-0.4, -0.2) is 10.9 Å². The quantitative estimate of drug-likeness (QED) is 0.548. The van der Waals surface area contributed by atoms with Crippen molar-refractivity contribution in [3.05, 3.63) is 58.6 Å². The van der Waals surface area contributed by atoms with Gasteiger partial charge in [0.25, 0.3) is 0 Å². The van der Waals surface area contributed by atoms with Crippen LogP contribution in [0.15, 0.2) is 46.9 Å². The third-order valence-electron chi connectivity index (χ3n) is 4.71. The molecule has 0 unspecified atom stereocenters. The number of benzene rings is 2. The van der Waals surface area contributed by atoms with Crippen molar-refractivity contribution >= 4 is 44.3 Å². The van der Waals surface area contributed by atoms with Crippen molar-refractivity contribution in [2.75, 3.05) is 5.73 Å². The van der Waals surface area contributed by atoms with Gasteiger partial charge in [-0.1, -0.05) is 36.4 Å². The highest BCUT2D eigenvalue weighted by molar-refractivity contribution is 7.15. The molecule has 3 heterocycles. The molecule has 1 aliphatic rings. The van der Waals surface area contributed by atoms with E-state index in [1.165, 1.54) is 11.3 Å². The van der Waals surface area contributed by atoms with Crippen LogP contribution in [0.5, 0.6) is 0 Å². The first-order chi connectivity index (χ1) is 12.2. The molecule has 4 aromatic rings. The van der Waals surface area contributed by atoms with Gasteiger partial charge in [-0.05, 0) is 6.07 Å². The number of para-hydroxylation sites is 2. The molecule has 2 aromatic carbocycles. The van der Waals surface area contributed by atoms with E-state index in [1.54, 1.807) is 0 Å². The van der Waals surface area contributed by atoms with Gasteiger partial charge in [-0.25, -0.2) is 4.98 Å². The summed E-state index contributed by atoms with van der Waals surface area (Å²) >= 11 is 1.46. The molecule has 1 aliphatic heterocycles. The fraction of sp³-hybridized carbons (Fsp3) is 0.158. The van der Waals surface area contributed by atoms with E-state index >= 15 is 0 Å². The Balaban J connectivity index is 1.78. The predicted molar refractivity (Wildman–Crippen MR) is 98.6 cm³/mol. The number of carbonyl (C=O) groups is 1. The van der Waals surface area contributed by atoms with E-state index in [9.17, 15) is 4.79 Å². The number of rotatable bonds is 1. The summed E-state index contributed by atoms with van der Waals surface area (Å²) in [7, 11) is 0. The fourth-order valence-corrected chi connectivity index (χ4v) is 4.58. The van der Waals surface area contributed by atoms with Gasteiger partial charge in [-0.2, -0.15) is 0 Å². The third kappa shape index (κ3) is 2.21. The highest BCUT2D eigenvalue weighted by atomic mass is 32.1. The van der Waals surface area contributed by atoms with Crippen molar-refractivity contribution in [1.82, 2.24) is 10.3 Å². The SMILES string of the molecule is Nc1nc2c(s1)[C@H](c1cccc3c1oc1ccccc13)CC(=O)NC2. The minimum Gasteiger partial charge on any atom is -0.456 e. The van der Waals surface area contributed by atoms with Crippen LogP contribution in [0.3, 0.4) is 0 Å². The van der Waals surface area contributed by atoms with Gasteiger partial charge in [0.15, 0.2) is 5.13 Å². The number of nitrogens with one attached hydrogen (secondary N) is 1. The first-order valence-electron chi connectivity index (χ1n) is 8.12. The Hall–Kier alpha value is -2.86. The average molecular weight is 349 g/mol. The molecule has 124 valence electrons. The number of nitrogens with two attached hydrogens (primary N) is 1. The maximum atomic E-state index is 12.2. The summed E-state index contributed by atoms with van der Waals surface area (Å²) in [5.74, 6) is -0.0848. The smallest absolute Gasteiger partial charge is 0.221 e. The molecule has 6 heteroatoms. The van der Waals surface area contributed by atoms with Crippen molar-refractivity contribution in [2.24, 2.45) is 0 Å². The second-order valence-electron chi connectivity index (χ2n) is 6.22. The Morgan fingerprint density at radius 1 is 1.16 bits per heavy atom. The number of hydrogen-bond acceptors (Lipinski definition) is 5. The van der Waals surface area contributed by atoms with E-state index in [0.717, 1.165) is 38.1 Å². The van der Waals surface area contributed by atoms with Crippen molar-refractivity contribution in [3.63, 3.8) is 0 Å². The molecular weight excluding hydrogens is 334 g/mol. The van der Waals surface area contributed by atoms with E-state index in [4.69, 9.17) is 10.2 Å². The van der Waals surface area contributed by atoms with Crippen molar-refractivity contribution in [1.29, 1.82) is 0 Å². The molecule has 1 atom stereocenters. The fourth-order valence-electron chi connectivity index (χ4n) is 3.61. The largest absolute Gasteiger partial charge is 0.456 e. The van der Waals surface area contributed by atoms with Crippen LogP contribution in [0.1, 0.15) is 28.5 Å². The topological polar surface area (TPSA) is 81.2 Å². The highest BCUT2D eigenvalue weighted by Gasteiger charge is 2.29. The van der Waals surface area contributed by atoms with E-state index in [2.05, 4.69) is 22.4 Å². The number of nitrogens with zero attached hydrogens (tertiary/aromatic N) is 1. The lowest BCUT2D eigenvalue weighted by molar-refractivity contribution is -0.121. The molecule has 0 aliphatic carbocycles. The number of amides is 1. The lowest BCUT2D eigenvalue weighted by Gasteiger charge is -2.13.